The van der Waals surface area contributed by atoms with E-state index >= 15 is 0 Å². The lowest BCUT2D eigenvalue weighted by atomic mass is 9.98. The van der Waals surface area contributed by atoms with Gasteiger partial charge in [0, 0.05) is 39.3 Å². The number of carbonyl (C=O) groups excluding carboxylic acids is 1. The van der Waals surface area contributed by atoms with Crippen LogP contribution in [0.4, 0.5) is 4.79 Å². The summed E-state index contributed by atoms with van der Waals surface area (Å²) >= 11 is 0. The maximum atomic E-state index is 11.8. The Labute approximate surface area is 164 Å². The quantitative estimate of drug-likeness (QED) is 0.499. The molecular weight excluding hydrogens is 344 g/mol. The standard InChI is InChI=1S/C20H38N4O3/c1-4-26-18(16-8-6-7-9-16)10-13-22-19(21-3)23-17-11-14-24(15-12-17)20(25)27-5-2/h16-18H,4-15H2,1-3H3,(H2,21,22,23). The van der Waals surface area contributed by atoms with Crippen molar-refractivity contribution in [3.8, 4) is 0 Å². The van der Waals surface area contributed by atoms with Crippen LogP contribution in [0, 0.1) is 5.92 Å². The SMILES string of the molecule is CCOC(=O)N1CCC(NC(=NC)NCCC(OCC)C2CCCC2)CC1. The molecule has 1 aliphatic carbocycles. The van der Waals surface area contributed by atoms with Crippen molar-refractivity contribution in [2.24, 2.45) is 10.9 Å². The molecule has 1 heterocycles. The average Bonchev–Trinajstić information content (AvgIpc) is 3.22. The molecule has 156 valence electrons. The maximum Gasteiger partial charge on any atom is 0.409 e. The Morgan fingerprint density at radius 3 is 2.44 bits per heavy atom. The zero-order chi connectivity index (χ0) is 19.5. The van der Waals surface area contributed by atoms with Crippen LogP contribution in [-0.2, 0) is 9.47 Å². The Bertz CT molecular complexity index is 458. The minimum absolute atomic E-state index is 0.202. The molecule has 7 nitrogen and oxygen atoms in total. The summed E-state index contributed by atoms with van der Waals surface area (Å²) in [6.07, 6.45) is 8.27. The zero-order valence-electron chi connectivity index (χ0n) is 17.3. The van der Waals surface area contributed by atoms with E-state index in [1.807, 2.05) is 6.92 Å². The summed E-state index contributed by atoms with van der Waals surface area (Å²) in [5.41, 5.74) is 0. The second kappa shape index (κ2) is 12.1. The summed E-state index contributed by atoms with van der Waals surface area (Å²) in [5, 5.41) is 6.93. The minimum atomic E-state index is -0.202. The second-order valence-corrected chi connectivity index (χ2v) is 7.43. The Morgan fingerprint density at radius 1 is 1.15 bits per heavy atom. The lowest BCUT2D eigenvalue weighted by Gasteiger charge is -2.32. The number of piperidine rings is 1. The third kappa shape index (κ3) is 7.20. The first-order valence-corrected chi connectivity index (χ1v) is 10.7. The molecule has 1 amide bonds. The van der Waals surface area contributed by atoms with Gasteiger partial charge in [-0.3, -0.25) is 4.99 Å². The van der Waals surface area contributed by atoms with Crippen molar-refractivity contribution in [3.63, 3.8) is 0 Å². The Morgan fingerprint density at radius 2 is 1.85 bits per heavy atom. The van der Waals surface area contributed by atoms with Crippen molar-refractivity contribution in [2.45, 2.75) is 70.9 Å². The van der Waals surface area contributed by atoms with E-state index < -0.39 is 0 Å². The van der Waals surface area contributed by atoms with E-state index in [1.54, 1.807) is 11.9 Å². The second-order valence-electron chi connectivity index (χ2n) is 7.43. The molecule has 0 aromatic heterocycles. The number of ether oxygens (including phenoxy) is 2. The number of rotatable bonds is 8. The summed E-state index contributed by atoms with van der Waals surface area (Å²) in [4.78, 5) is 17.9. The number of carbonyl (C=O) groups is 1. The summed E-state index contributed by atoms with van der Waals surface area (Å²) in [7, 11) is 1.81. The van der Waals surface area contributed by atoms with Gasteiger partial charge in [-0.05, 0) is 51.9 Å². The predicted octanol–water partition coefficient (Wildman–Crippen LogP) is 2.76. The molecule has 0 aromatic rings. The van der Waals surface area contributed by atoms with E-state index in [0.717, 1.165) is 51.5 Å². The van der Waals surface area contributed by atoms with Crippen LogP contribution in [0.25, 0.3) is 0 Å². The first kappa shape index (κ1) is 21.8. The lowest BCUT2D eigenvalue weighted by Crippen LogP contribution is -2.50. The van der Waals surface area contributed by atoms with Crippen LogP contribution in [-0.4, -0.2) is 69.0 Å². The van der Waals surface area contributed by atoms with Crippen molar-refractivity contribution in [1.82, 2.24) is 15.5 Å². The van der Waals surface area contributed by atoms with Crippen LogP contribution >= 0.6 is 0 Å². The van der Waals surface area contributed by atoms with Crippen LogP contribution in [0.1, 0.15) is 58.8 Å². The molecule has 0 radical (unpaired) electrons. The number of hydrogen-bond donors (Lipinski definition) is 2. The van der Waals surface area contributed by atoms with Crippen molar-refractivity contribution in [2.75, 3.05) is 39.9 Å². The highest BCUT2D eigenvalue weighted by Gasteiger charge is 2.26. The van der Waals surface area contributed by atoms with Gasteiger partial charge >= 0.3 is 6.09 Å². The highest BCUT2D eigenvalue weighted by atomic mass is 16.6. The molecule has 7 heteroatoms. The highest BCUT2D eigenvalue weighted by Crippen LogP contribution is 2.30. The van der Waals surface area contributed by atoms with Crippen molar-refractivity contribution in [1.29, 1.82) is 0 Å². The van der Waals surface area contributed by atoms with Gasteiger partial charge in [0.2, 0.25) is 0 Å². The maximum absolute atomic E-state index is 11.8. The predicted molar refractivity (Wildman–Crippen MR) is 108 cm³/mol. The molecule has 1 aliphatic heterocycles. The lowest BCUT2D eigenvalue weighted by molar-refractivity contribution is 0.0169. The largest absolute Gasteiger partial charge is 0.450 e. The molecule has 0 aromatic carbocycles. The van der Waals surface area contributed by atoms with E-state index in [1.165, 1.54) is 25.7 Å². The first-order chi connectivity index (χ1) is 13.2. The third-order valence-electron chi connectivity index (χ3n) is 5.61. The van der Waals surface area contributed by atoms with Gasteiger partial charge in [-0.25, -0.2) is 4.79 Å². The van der Waals surface area contributed by atoms with Gasteiger partial charge in [-0.2, -0.15) is 0 Å². The number of likely N-dealkylation sites (tertiary alicyclic amines) is 1. The summed E-state index contributed by atoms with van der Waals surface area (Å²) in [6, 6.07) is 0.333. The monoisotopic (exact) mass is 382 g/mol. The summed E-state index contributed by atoms with van der Waals surface area (Å²) in [6.45, 7) is 7.44. The van der Waals surface area contributed by atoms with Crippen LogP contribution in [0.5, 0.6) is 0 Å². The number of aliphatic imine (C=N–C) groups is 1. The molecular formula is C20H38N4O3. The minimum Gasteiger partial charge on any atom is -0.450 e. The topological polar surface area (TPSA) is 75.2 Å². The van der Waals surface area contributed by atoms with Gasteiger partial charge in [0.15, 0.2) is 5.96 Å². The normalized spacial score (nSPS) is 20.6. The van der Waals surface area contributed by atoms with E-state index in [9.17, 15) is 4.79 Å². The van der Waals surface area contributed by atoms with Crippen LogP contribution in [0.15, 0.2) is 4.99 Å². The fourth-order valence-electron chi connectivity index (χ4n) is 4.14. The van der Waals surface area contributed by atoms with E-state index in [4.69, 9.17) is 9.47 Å². The first-order valence-electron chi connectivity index (χ1n) is 10.7. The van der Waals surface area contributed by atoms with Gasteiger partial charge in [-0.1, -0.05) is 12.8 Å². The van der Waals surface area contributed by atoms with Crippen LogP contribution < -0.4 is 10.6 Å². The summed E-state index contributed by atoms with van der Waals surface area (Å²) < 4.78 is 11.1. The summed E-state index contributed by atoms with van der Waals surface area (Å²) in [5.74, 6) is 1.56. The molecule has 1 atom stereocenters. The van der Waals surface area contributed by atoms with Gasteiger partial charge in [0.1, 0.15) is 0 Å². The van der Waals surface area contributed by atoms with E-state index in [-0.39, 0.29) is 6.09 Å². The molecule has 1 saturated carbocycles. The van der Waals surface area contributed by atoms with Gasteiger partial charge < -0.3 is 25.0 Å². The molecule has 0 bridgehead atoms. The average molecular weight is 383 g/mol. The molecule has 2 aliphatic rings. The highest BCUT2D eigenvalue weighted by molar-refractivity contribution is 5.80. The number of amides is 1. The van der Waals surface area contributed by atoms with Gasteiger partial charge in [0.05, 0.1) is 12.7 Å². The number of hydrogen-bond acceptors (Lipinski definition) is 4. The fraction of sp³-hybridized carbons (Fsp3) is 0.900. The zero-order valence-corrected chi connectivity index (χ0v) is 17.3. The van der Waals surface area contributed by atoms with Crippen LogP contribution in [0.2, 0.25) is 0 Å². The Hall–Kier alpha value is -1.50. The molecule has 2 fully saturated rings. The van der Waals surface area contributed by atoms with Crippen molar-refractivity contribution >= 4 is 12.1 Å². The van der Waals surface area contributed by atoms with E-state index in [0.29, 0.717) is 24.7 Å². The fourth-order valence-corrected chi connectivity index (χ4v) is 4.14. The molecule has 2 rings (SSSR count). The molecule has 27 heavy (non-hydrogen) atoms. The smallest absolute Gasteiger partial charge is 0.409 e. The van der Waals surface area contributed by atoms with Crippen molar-refractivity contribution in [3.05, 3.63) is 0 Å². The number of nitrogens with one attached hydrogen (secondary N) is 2. The van der Waals surface area contributed by atoms with E-state index in [2.05, 4.69) is 22.5 Å². The van der Waals surface area contributed by atoms with Gasteiger partial charge in [0.25, 0.3) is 0 Å². The molecule has 1 saturated heterocycles. The number of guanidine groups is 1. The van der Waals surface area contributed by atoms with Crippen LogP contribution in [0.3, 0.4) is 0 Å². The molecule has 1 unspecified atom stereocenters. The molecule has 0 spiro atoms. The Kier molecular flexibility index (Phi) is 9.73. The van der Waals surface area contributed by atoms with Crippen molar-refractivity contribution < 1.29 is 14.3 Å². The van der Waals surface area contributed by atoms with Gasteiger partial charge in [-0.15, -0.1) is 0 Å². The third-order valence-corrected chi connectivity index (χ3v) is 5.61. The Balaban J connectivity index is 1.69. The molecule has 2 N–H and O–H groups in total. The number of nitrogens with zero attached hydrogens (tertiary/aromatic N) is 2.